The van der Waals surface area contributed by atoms with Gasteiger partial charge in [0.1, 0.15) is 5.57 Å². The van der Waals surface area contributed by atoms with Gasteiger partial charge in [-0.1, -0.05) is 0 Å². The SMILES string of the molecule is NC1=NC2=C3C(=NN(N)N=C3N1)N=C(N)N2. The van der Waals surface area contributed by atoms with Crippen LogP contribution >= 0.6 is 0 Å². The molecular weight excluding hydrogens is 212 g/mol. The van der Waals surface area contributed by atoms with Crippen LogP contribution in [0.1, 0.15) is 0 Å². The van der Waals surface area contributed by atoms with Gasteiger partial charge in [-0.25, -0.2) is 5.84 Å². The molecule has 0 saturated heterocycles. The molecule has 0 spiro atoms. The Kier molecular flexibility index (Phi) is 1.46. The summed E-state index contributed by atoms with van der Waals surface area (Å²) in [5.41, 5.74) is 11.7. The number of hydrazine groups is 1. The molecule has 3 aliphatic heterocycles. The minimum absolute atomic E-state index is 0.172. The number of hydrazone groups is 2. The third-order valence-corrected chi connectivity index (χ3v) is 2.05. The summed E-state index contributed by atoms with van der Waals surface area (Å²) in [6, 6.07) is 0. The highest BCUT2D eigenvalue weighted by Gasteiger charge is 2.31. The van der Waals surface area contributed by atoms with Crippen molar-refractivity contribution in [3.8, 4) is 0 Å². The standard InChI is InChI=1S/C6H8N10/c7-5-10-2-1-3(12-5)14-16(9)15-4(1)13-6(8)11-2/h9H2,(H6,7,8,10,11,12,13,14,15). The number of guanidine groups is 2. The summed E-state index contributed by atoms with van der Waals surface area (Å²) in [5, 5.41) is 14.2. The highest BCUT2D eigenvalue weighted by molar-refractivity contribution is 6.30. The van der Waals surface area contributed by atoms with Crippen molar-refractivity contribution in [2.75, 3.05) is 0 Å². The normalized spacial score (nSPS) is 22.2. The maximum atomic E-state index is 5.57. The van der Waals surface area contributed by atoms with Crippen LogP contribution in [0.15, 0.2) is 31.6 Å². The van der Waals surface area contributed by atoms with Crippen molar-refractivity contribution < 1.29 is 0 Å². The van der Waals surface area contributed by atoms with Crippen LogP contribution in [-0.2, 0) is 0 Å². The van der Waals surface area contributed by atoms with Crippen molar-refractivity contribution in [3.05, 3.63) is 11.4 Å². The minimum Gasteiger partial charge on any atom is -0.369 e. The molecule has 0 unspecified atom stereocenters. The number of hydrogen-bond donors (Lipinski definition) is 5. The van der Waals surface area contributed by atoms with Gasteiger partial charge in [-0.2, -0.15) is 9.98 Å². The molecular formula is C6H8N10. The van der Waals surface area contributed by atoms with Gasteiger partial charge in [0, 0.05) is 0 Å². The van der Waals surface area contributed by atoms with Gasteiger partial charge in [-0.05, 0) is 0 Å². The molecule has 3 heterocycles. The second-order valence-corrected chi connectivity index (χ2v) is 3.16. The Labute approximate surface area is 89.2 Å². The zero-order chi connectivity index (χ0) is 11.3. The van der Waals surface area contributed by atoms with E-state index in [-0.39, 0.29) is 11.9 Å². The Balaban J connectivity index is 2.19. The van der Waals surface area contributed by atoms with Crippen molar-refractivity contribution in [1.29, 1.82) is 0 Å². The lowest BCUT2D eigenvalue weighted by Crippen LogP contribution is -2.50. The fraction of sp³-hybridized carbons (Fsp3) is 0. The van der Waals surface area contributed by atoms with Crippen LogP contribution < -0.4 is 27.9 Å². The number of nitrogens with two attached hydrogens (primary N) is 3. The van der Waals surface area contributed by atoms with Gasteiger partial charge < -0.3 is 22.1 Å². The van der Waals surface area contributed by atoms with E-state index in [9.17, 15) is 0 Å². The summed E-state index contributed by atoms with van der Waals surface area (Å²) in [4.78, 5) is 8.02. The predicted molar refractivity (Wildman–Crippen MR) is 57.4 cm³/mol. The second kappa shape index (κ2) is 2.70. The van der Waals surface area contributed by atoms with Crippen molar-refractivity contribution in [2.24, 2.45) is 37.5 Å². The smallest absolute Gasteiger partial charge is 0.201 e. The van der Waals surface area contributed by atoms with Gasteiger partial charge >= 0.3 is 0 Å². The molecule has 0 aliphatic carbocycles. The van der Waals surface area contributed by atoms with E-state index >= 15 is 0 Å². The lowest BCUT2D eigenvalue weighted by Gasteiger charge is -2.27. The molecule has 10 heteroatoms. The Morgan fingerprint density at radius 1 is 1.00 bits per heavy atom. The zero-order valence-electron chi connectivity index (χ0n) is 7.97. The fourth-order valence-corrected chi connectivity index (χ4v) is 1.49. The molecule has 0 aromatic heterocycles. The number of nitrogens with one attached hydrogen (secondary N) is 2. The van der Waals surface area contributed by atoms with Gasteiger partial charge in [0.15, 0.2) is 17.5 Å². The monoisotopic (exact) mass is 220 g/mol. The van der Waals surface area contributed by atoms with Gasteiger partial charge in [-0.3, -0.25) is 0 Å². The van der Waals surface area contributed by atoms with E-state index < -0.39 is 0 Å². The summed E-state index contributed by atoms with van der Waals surface area (Å²) < 4.78 is 0. The first-order valence-electron chi connectivity index (χ1n) is 4.33. The first kappa shape index (κ1) is 8.67. The van der Waals surface area contributed by atoms with Gasteiger partial charge in [0.2, 0.25) is 11.9 Å². The molecule has 0 saturated carbocycles. The average Bonchev–Trinajstić information content (AvgIpc) is 2.14. The minimum atomic E-state index is 0.172. The summed E-state index contributed by atoms with van der Waals surface area (Å²) in [7, 11) is 0. The molecule has 10 nitrogen and oxygen atoms in total. The van der Waals surface area contributed by atoms with E-state index in [0.717, 1.165) is 5.23 Å². The van der Waals surface area contributed by atoms with Gasteiger partial charge in [0.25, 0.3) is 0 Å². The molecule has 82 valence electrons. The number of hydrogen-bond acceptors (Lipinski definition) is 10. The maximum absolute atomic E-state index is 5.57. The van der Waals surface area contributed by atoms with Crippen molar-refractivity contribution in [3.63, 3.8) is 0 Å². The average molecular weight is 220 g/mol. The van der Waals surface area contributed by atoms with Crippen molar-refractivity contribution >= 4 is 23.6 Å². The Morgan fingerprint density at radius 3 is 2.56 bits per heavy atom. The molecule has 0 radical (unpaired) electrons. The van der Waals surface area contributed by atoms with E-state index in [1.54, 1.807) is 0 Å². The highest BCUT2D eigenvalue weighted by atomic mass is 15.8. The lowest BCUT2D eigenvalue weighted by atomic mass is 10.1. The molecule has 0 atom stereocenters. The third kappa shape index (κ3) is 1.10. The van der Waals surface area contributed by atoms with Crippen LogP contribution in [0.5, 0.6) is 0 Å². The lowest BCUT2D eigenvalue weighted by molar-refractivity contribution is 0.312. The molecule has 8 N–H and O–H groups in total. The summed E-state index contributed by atoms with van der Waals surface area (Å²) >= 11 is 0. The van der Waals surface area contributed by atoms with Crippen LogP contribution in [0.4, 0.5) is 0 Å². The zero-order valence-corrected chi connectivity index (χ0v) is 7.97. The third-order valence-electron chi connectivity index (χ3n) is 2.05. The van der Waals surface area contributed by atoms with Gasteiger partial charge in [-0.15, -0.1) is 15.4 Å². The Morgan fingerprint density at radius 2 is 1.75 bits per heavy atom. The van der Waals surface area contributed by atoms with Gasteiger partial charge in [0.05, 0.1) is 0 Å². The first-order chi connectivity index (χ1) is 7.63. The van der Waals surface area contributed by atoms with Crippen LogP contribution in [0, 0.1) is 0 Å². The largest absolute Gasteiger partial charge is 0.369 e. The van der Waals surface area contributed by atoms with E-state index in [1.807, 2.05) is 0 Å². The van der Waals surface area contributed by atoms with E-state index in [1.165, 1.54) is 0 Å². The summed E-state index contributed by atoms with van der Waals surface area (Å²) in [5.74, 6) is 7.03. The molecule has 0 amide bonds. The topological polar surface area (TPSA) is 155 Å². The number of aliphatic imine (C=N–C) groups is 2. The van der Waals surface area contributed by atoms with E-state index in [2.05, 4.69) is 30.8 Å². The van der Waals surface area contributed by atoms with E-state index in [0.29, 0.717) is 23.1 Å². The summed E-state index contributed by atoms with van der Waals surface area (Å²) in [6.45, 7) is 0. The Hall–Kier alpha value is -2.62. The quantitative estimate of drug-likeness (QED) is 0.271. The maximum Gasteiger partial charge on any atom is 0.201 e. The molecule has 0 aromatic carbocycles. The number of rotatable bonds is 0. The van der Waals surface area contributed by atoms with Crippen LogP contribution in [-0.4, -0.2) is 28.8 Å². The molecule has 0 aromatic rings. The fourth-order valence-electron chi connectivity index (χ4n) is 1.49. The van der Waals surface area contributed by atoms with Crippen LogP contribution in [0.3, 0.4) is 0 Å². The highest BCUT2D eigenvalue weighted by Crippen LogP contribution is 2.18. The second-order valence-electron chi connectivity index (χ2n) is 3.16. The number of nitrogens with zero attached hydrogens (tertiary/aromatic N) is 5. The van der Waals surface area contributed by atoms with Crippen LogP contribution in [0.25, 0.3) is 0 Å². The number of amidine groups is 2. The first-order valence-corrected chi connectivity index (χ1v) is 4.33. The molecule has 3 rings (SSSR count). The molecule has 0 bridgehead atoms. The van der Waals surface area contributed by atoms with Crippen LogP contribution in [0.2, 0.25) is 0 Å². The molecule has 0 fully saturated rings. The van der Waals surface area contributed by atoms with E-state index in [4.69, 9.17) is 17.3 Å². The van der Waals surface area contributed by atoms with Crippen molar-refractivity contribution in [1.82, 2.24) is 15.9 Å². The molecule has 16 heavy (non-hydrogen) atoms. The van der Waals surface area contributed by atoms with Crippen molar-refractivity contribution in [2.45, 2.75) is 0 Å². The summed E-state index contributed by atoms with van der Waals surface area (Å²) in [6.07, 6.45) is 0. The molecule has 3 aliphatic rings. The predicted octanol–water partition coefficient (Wildman–Crippen LogP) is -3.15. The Bertz CT molecular complexity index is 519.